The first-order valence-corrected chi connectivity index (χ1v) is 7.66. The van der Waals surface area contributed by atoms with Crippen LogP contribution >= 0.6 is 0 Å². The molecule has 0 saturated heterocycles. The first-order valence-electron chi connectivity index (χ1n) is 7.66. The van der Waals surface area contributed by atoms with Gasteiger partial charge in [-0.1, -0.05) is 45.9 Å². The highest BCUT2D eigenvalue weighted by atomic mass is 16.1. The largest absolute Gasteiger partial charge is 0.330 e. The fourth-order valence-corrected chi connectivity index (χ4v) is 2.46. The highest BCUT2D eigenvalue weighted by Gasteiger charge is 2.19. The molecular formula is C18H29NO. The van der Waals surface area contributed by atoms with Crippen molar-refractivity contribution in [3.63, 3.8) is 0 Å². The molecule has 0 fully saturated rings. The van der Waals surface area contributed by atoms with Crippen molar-refractivity contribution in [3.8, 4) is 0 Å². The normalized spacial score (nSPS) is 11.9. The number of rotatable bonds is 8. The van der Waals surface area contributed by atoms with Crippen molar-refractivity contribution in [1.82, 2.24) is 0 Å². The van der Waals surface area contributed by atoms with Gasteiger partial charge >= 0.3 is 0 Å². The zero-order valence-electron chi connectivity index (χ0n) is 13.4. The maximum absolute atomic E-state index is 12.3. The van der Waals surface area contributed by atoms with Gasteiger partial charge in [-0.15, -0.1) is 0 Å². The van der Waals surface area contributed by atoms with Gasteiger partial charge in [0.25, 0.3) is 0 Å². The Morgan fingerprint density at radius 1 is 1.25 bits per heavy atom. The predicted octanol–water partition coefficient (Wildman–Crippen LogP) is 4.22. The quantitative estimate of drug-likeness (QED) is 0.722. The van der Waals surface area contributed by atoms with E-state index in [1.165, 1.54) is 5.56 Å². The van der Waals surface area contributed by atoms with Crippen LogP contribution < -0.4 is 5.73 Å². The topological polar surface area (TPSA) is 43.1 Å². The number of ketones is 1. The van der Waals surface area contributed by atoms with Crippen LogP contribution in [0.4, 0.5) is 0 Å². The van der Waals surface area contributed by atoms with Crippen molar-refractivity contribution in [3.05, 3.63) is 35.4 Å². The van der Waals surface area contributed by atoms with Crippen molar-refractivity contribution < 1.29 is 4.79 Å². The molecule has 1 rings (SSSR count). The van der Waals surface area contributed by atoms with Gasteiger partial charge in [0.05, 0.1) is 0 Å². The maximum Gasteiger partial charge on any atom is 0.162 e. The number of nitrogens with two attached hydrogens (primary N) is 1. The van der Waals surface area contributed by atoms with Crippen LogP contribution in [0.2, 0.25) is 0 Å². The van der Waals surface area contributed by atoms with Gasteiger partial charge in [-0.2, -0.15) is 0 Å². The number of benzene rings is 1. The molecule has 0 heterocycles. The van der Waals surface area contributed by atoms with Crippen LogP contribution in [0.3, 0.4) is 0 Å². The van der Waals surface area contributed by atoms with Crippen LogP contribution in [-0.2, 0) is 6.42 Å². The van der Waals surface area contributed by atoms with E-state index in [1.54, 1.807) is 0 Å². The number of Topliss-reactive ketones (excluding diaryl/α,β-unsaturated/α-hetero) is 1. The molecule has 0 aliphatic heterocycles. The van der Waals surface area contributed by atoms with E-state index in [-0.39, 0.29) is 11.2 Å². The molecule has 2 N–H and O–H groups in total. The first-order chi connectivity index (χ1) is 9.34. The lowest BCUT2D eigenvalue weighted by Crippen LogP contribution is -2.18. The van der Waals surface area contributed by atoms with Gasteiger partial charge in [0, 0.05) is 12.0 Å². The van der Waals surface area contributed by atoms with E-state index in [2.05, 4.69) is 39.8 Å². The summed E-state index contributed by atoms with van der Waals surface area (Å²) in [5.74, 6) is 0.865. The molecule has 0 unspecified atom stereocenters. The summed E-state index contributed by atoms with van der Waals surface area (Å²) in [6.45, 7) is 9.45. The van der Waals surface area contributed by atoms with Crippen LogP contribution in [0.5, 0.6) is 0 Å². The highest BCUT2D eigenvalue weighted by molar-refractivity contribution is 5.96. The lowest BCUT2D eigenvalue weighted by atomic mass is 9.83. The molecule has 1 aromatic rings. The summed E-state index contributed by atoms with van der Waals surface area (Å²) in [5, 5.41) is 0. The third-order valence-corrected chi connectivity index (χ3v) is 3.74. The molecule has 0 bridgehead atoms. The summed E-state index contributed by atoms with van der Waals surface area (Å²) in [6.07, 6.45) is 3.50. The molecule has 0 spiro atoms. The second kappa shape index (κ2) is 7.58. The Bertz CT molecular complexity index is 435. The predicted molar refractivity (Wildman–Crippen MR) is 86.0 cm³/mol. The van der Waals surface area contributed by atoms with E-state index < -0.39 is 0 Å². The molecule has 0 aromatic heterocycles. The average molecular weight is 275 g/mol. The highest BCUT2D eigenvalue weighted by Crippen LogP contribution is 2.27. The molecule has 2 heteroatoms. The van der Waals surface area contributed by atoms with Crippen molar-refractivity contribution >= 4 is 5.78 Å². The molecule has 0 aliphatic rings. The van der Waals surface area contributed by atoms with E-state index in [0.29, 0.717) is 18.9 Å². The molecule has 2 nitrogen and oxygen atoms in total. The molecular weight excluding hydrogens is 246 g/mol. The van der Waals surface area contributed by atoms with Crippen LogP contribution in [0.15, 0.2) is 24.3 Å². The van der Waals surface area contributed by atoms with Gasteiger partial charge in [0.15, 0.2) is 5.78 Å². The van der Waals surface area contributed by atoms with Gasteiger partial charge in [0.2, 0.25) is 0 Å². The summed E-state index contributed by atoms with van der Waals surface area (Å²) >= 11 is 0. The van der Waals surface area contributed by atoms with E-state index in [0.717, 1.165) is 24.8 Å². The third kappa shape index (κ3) is 5.87. The van der Waals surface area contributed by atoms with Crippen LogP contribution in [0, 0.1) is 11.3 Å². The van der Waals surface area contributed by atoms with Gasteiger partial charge in [-0.3, -0.25) is 4.79 Å². The Kier molecular flexibility index (Phi) is 6.41. The van der Waals surface area contributed by atoms with E-state index in [1.807, 2.05) is 12.1 Å². The number of carbonyl (C=O) groups is 1. The smallest absolute Gasteiger partial charge is 0.162 e. The molecule has 20 heavy (non-hydrogen) atoms. The second-order valence-corrected chi connectivity index (χ2v) is 6.92. The Balaban J connectivity index is 2.63. The second-order valence-electron chi connectivity index (χ2n) is 6.92. The van der Waals surface area contributed by atoms with E-state index in [4.69, 9.17) is 5.73 Å². The van der Waals surface area contributed by atoms with Crippen molar-refractivity contribution in [2.24, 2.45) is 17.1 Å². The molecule has 0 atom stereocenters. The molecule has 0 aliphatic carbocycles. The third-order valence-electron chi connectivity index (χ3n) is 3.74. The number of hydrogen-bond donors (Lipinski definition) is 1. The lowest BCUT2D eigenvalue weighted by Gasteiger charge is -2.23. The molecule has 112 valence electrons. The summed E-state index contributed by atoms with van der Waals surface area (Å²) in [5.41, 5.74) is 7.88. The SMILES string of the molecule is CC(C)Cc1cccc(C(=O)CCC(C)(C)CCN)c1. The lowest BCUT2D eigenvalue weighted by molar-refractivity contribution is 0.0961. The Morgan fingerprint density at radius 2 is 1.95 bits per heavy atom. The van der Waals surface area contributed by atoms with Crippen molar-refractivity contribution in [2.75, 3.05) is 6.54 Å². The van der Waals surface area contributed by atoms with Crippen LogP contribution in [-0.4, -0.2) is 12.3 Å². The Hall–Kier alpha value is -1.15. The zero-order valence-corrected chi connectivity index (χ0v) is 13.4. The van der Waals surface area contributed by atoms with E-state index >= 15 is 0 Å². The summed E-state index contributed by atoms with van der Waals surface area (Å²) in [6, 6.07) is 8.09. The number of carbonyl (C=O) groups excluding carboxylic acids is 1. The van der Waals surface area contributed by atoms with Crippen molar-refractivity contribution in [1.29, 1.82) is 0 Å². The summed E-state index contributed by atoms with van der Waals surface area (Å²) in [7, 11) is 0. The van der Waals surface area contributed by atoms with Gasteiger partial charge in [-0.25, -0.2) is 0 Å². The van der Waals surface area contributed by atoms with Crippen molar-refractivity contribution in [2.45, 2.75) is 53.4 Å². The van der Waals surface area contributed by atoms with E-state index in [9.17, 15) is 4.79 Å². The molecule has 0 radical (unpaired) electrons. The van der Waals surface area contributed by atoms with Gasteiger partial charge < -0.3 is 5.73 Å². The fraction of sp³-hybridized carbons (Fsp3) is 0.611. The average Bonchev–Trinajstić information content (AvgIpc) is 2.35. The maximum atomic E-state index is 12.3. The fourth-order valence-electron chi connectivity index (χ4n) is 2.46. The first kappa shape index (κ1) is 16.9. The van der Waals surface area contributed by atoms with Gasteiger partial charge in [0.1, 0.15) is 0 Å². The Labute approximate surface area is 123 Å². The minimum atomic E-state index is 0.153. The molecule has 1 aromatic carbocycles. The number of hydrogen-bond acceptors (Lipinski definition) is 2. The van der Waals surface area contributed by atoms with Crippen LogP contribution in [0.25, 0.3) is 0 Å². The summed E-state index contributed by atoms with van der Waals surface area (Å²) < 4.78 is 0. The summed E-state index contributed by atoms with van der Waals surface area (Å²) in [4.78, 5) is 12.3. The molecule has 0 amide bonds. The minimum absolute atomic E-state index is 0.153. The zero-order chi connectivity index (χ0) is 15.2. The standard InChI is InChI=1S/C18H29NO/c1-14(2)12-15-6-5-7-16(13-15)17(20)8-9-18(3,4)10-11-19/h5-7,13-14H,8-12,19H2,1-4H3. The Morgan fingerprint density at radius 3 is 2.55 bits per heavy atom. The minimum Gasteiger partial charge on any atom is -0.330 e. The monoisotopic (exact) mass is 275 g/mol. The van der Waals surface area contributed by atoms with Crippen LogP contribution in [0.1, 0.15) is 62.9 Å². The van der Waals surface area contributed by atoms with Gasteiger partial charge in [-0.05, 0) is 48.8 Å². The molecule has 0 saturated carbocycles.